The SMILES string of the molecule is CC(C)CNC(=O)[C@H](C)NC(=O)[C@@H](NC(=O)CCNC(=O)CI)C(C)C. The Morgan fingerprint density at radius 2 is 1.46 bits per heavy atom. The predicted octanol–water partition coefficient (Wildman–Crippen LogP) is 0.345. The number of halogens is 1. The molecule has 0 fully saturated rings. The van der Waals surface area contributed by atoms with E-state index in [1.165, 1.54) is 0 Å². The van der Waals surface area contributed by atoms with Crippen molar-refractivity contribution in [1.82, 2.24) is 21.3 Å². The summed E-state index contributed by atoms with van der Waals surface area (Å²) < 4.78 is 0.327. The van der Waals surface area contributed by atoms with E-state index in [1.807, 2.05) is 50.3 Å². The first kappa shape index (κ1) is 24.6. The van der Waals surface area contributed by atoms with Gasteiger partial charge in [-0.15, -0.1) is 0 Å². The number of carbonyl (C=O) groups is 4. The third-order valence-electron chi connectivity index (χ3n) is 3.50. The van der Waals surface area contributed by atoms with Gasteiger partial charge in [-0.05, 0) is 18.8 Å². The molecule has 4 amide bonds. The molecule has 0 spiro atoms. The summed E-state index contributed by atoms with van der Waals surface area (Å²) in [6, 6.07) is -1.44. The Balaban J connectivity index is 4.54. The fourth-order valence-corrected chi connectivity index (χ4v) is 2.24. The summed E-state index contributed by atoms with van der Waals surface area (Å²) in [6.07, 6.45) is 0.0866. The van der Waals surface area contributed by atoms with Crippen molar-refractivity contribution in [1.29, 1.82) is 0 Å². The summed E-state index contributed by atoms with van der Waals surface area (Å²) in [6.45, 7) is 9.94. The molecule has 9 heteroatoms. The summed E-state index contributed by atoms with van der Waals surface area (Å²) in [5.41, 5.74) is 0. The number of hydrogen-bond donors (Lipinski definition) is 4. The zero-order valence-corrected chi connectivity index (χ0v) is 18.3. The van der Waals surface area contributed by atoms with Gasteiger partial charge in [0.1, 0.15) is 12.1 Å². The molecule has 0 aromatic rings. The Bertz CT molecular complexity index is 497. The van der Waals surface area contributed by atoms with E-state index in [0.717, 1.165) is 0 Å². The lowest BCUT2D eigenvalue weighted by atomic mass is 10.0. The zero-order chi connectivity index (χ0) is 20.3. The van der Waals surface area contributed by atoms with Gasteiger partial charge in [-0.2, -0.15) is 0 Å². The predicted molar refractivity (Wildman–Crippen MR) is 109 cm³/mol. The van der Waals surface area contributed by atoms with Crippen LogP contribution in [0.1, 0.15) is 41.0 Å². The fourth-order valence-electron chi connectivity index (χ4n) is 1.97. The fraction of sp³-hybridized carbons (Fsp3) is 0.765. The van der Waals surface area contributed by atoms with E-state index in [1.54, 1.807) is 6.92 Å². The van der Waals surface area contributed by atoms with Crippen LogP contribution in [0.15, 0.2) is 0 Å². The summed E-state index contributed by atoms with van der Waals surface area (Å²) in [5.74, 6) is -0.965. The molecule has 0 unspecified atom stereocenters. The second-order valence-electron chi connectivity index (χ2n) is 6.89. The first-order chi connectivity index (χ1) is 12.1. The van der Waals surface area contributed by atoms with Crippen LogP contribution in [0.5, 0.6) is 0 Å². The lowest BCUT2D eigenvalue weighted by Crippen LogP contribution is -2.54. The molecule has 150 valence electrons. The van der Waals surface area contributed by atoms with Gasteiger partial charge in [0.05, 0.1) is 4.43 Å². The molecule has 0 aliphatic carbocycles. The highest BCUT2D eigenvalue weighted by Gasteiger charge is 2.26. The van der Waals surface area contributed by atoms with Crippen molar-refractivity contribution in [3.63, 3.8) is 0 Å². The topological polar surface area (TPSA) is 116 Å². The highest BCUT2D eigenvalue weighted by Crippen LogP contribution is 2.03. The number of carbonyl (C=O) groups excluding carboxylic acids is 4. The molecular weight excluding hydrogens is 451 g/mol. The van der Waals surface area contributed by atoms with Crippen molar-refractivity contribution in [3.8, 4) is 0 Å². The van der Waals surface area contributed by atoms with Crippen LogP contribution in [-0.4, -0.2) is 53.2 Å². The first-order valence-corrected chi connectivity index (χ1v) is 10.3. The van der Waals surface area contributed by atoms with Gasteiger partial charge < -0.3 is 21.3 Å². The van der Waals surface area contributed by atoms with Crippen LogP contribution in [0.25, 0.3) is 0 Å². The van der Waals surface area contributed by atoms with Gasteiger partial charge in [-0.1, -0.05) is 50.3 Å². The van der Waals surface area contributed by atoms with Gasteiger partial charge >= 0.3 is 0 Å². The molecule has 0 aliphatic rings. The number of hydrogen-bond acceptors (Lipinski definition) is 4. The van der Waals surface area contributed by atoms with Gasteiger partial charge in [-0.25, -0.2) is 0 Å². The van der Waals surface area contributed by atoms with E-state index in [4.69, 9.17) is 0 Å². The van der Waals surface area contributed by atoms with E-state index >= 15 is 0 Å². The van der Waals surface area contributed by atoms with Crippen molar-refractivity contribution in [2.45, 2.75) is 53.1 Å². The molecule has 0 aliphatic heterocycles. The molecule has 0 rings (SSSR count). The second kappa shape index (κ2) is 12.9. The first-order valence-electron chi connectivity index (χ1n) is 8.78. The number of nitrogens with one attached hydrogen (secondary N) is 4. The molecule has 0 aromatic carbocycles. The quantitative estimate of drug-likeness (QED) is 0.251. The Kier molecular flexibility index (Phi) is 12.2. The van der Waals surface area contributed by atoms with Crippen molar-refractivity contribution in [3.05, 3.63) is 0 Å². The number of amides is 4. The second-order valence-corrected chi connectivity index (χ2v) is 7.65. The highest BCUT2D eigenvalue weighted by molar-refractivity contribution is 14.1. The minimum Gasteiger partial charge on any atom is -0.355 e. The summed E-state index contributed by atoms with van der Waals surface area (Å²) in [5, 5.41) is 10.7. The Morgan fingerprint density at radius 3 is 1.96 bits per heavy atom. The molecule has 8 nitrogen and oxygen atoms in total. The lowest BCUT2D eigenvalue weighted by molar-refractivity contribution is -0.132. The van der Waals surface area contributed by atoms with Crippen molar-refractivity contribution in [2.75, 3.05) is 17.5 Å². The van der Waals surface area contributed by atoms with Gasteiger partial charge in [0, 0.05) is 19.5 Å². The molecule has 0 heterocycles. The molecule has 0 aromatic heterocycles. The van der Waals surface area contributed by atoms with Crippen LogP contribution in [-0.2, 0) is 19.2 Å². The van der Waals surface area contributed by atoms with E-state index in [2.05, 4.69) is 21.3 Å². The third-order valence-corrected chi connectivity index (χ3v) is 4.19. The van der Waals surface area contributed by atoms with E-state index in [-0.39, 0.29) is 36.6 Å². The van der Waals surface area contributed by atoms with Crippen molar-refractivity contribution < 1.29 is 19.2 Å². The molecule has 26 heavy (non-hydrogen) atoms. The maximum absolute atomic E-state index is 12.4. The van der Waals surface area contributed by atoms with Gasteiger partial charge in [0.2, 0.25) is 23.6 Å². The molecule has 4 N–H and O–H groups in total. The average Bonchev–Trinajstić information content (AvgIpc) is 2.56. The maximum atomic E-state index is 12.4. The van der Waals surface area contributed by atoms with Crippen LogP contribution in [0.2, 0.25) is 0 Å². The summed E-state index contributed by atoms with van der Waals surface area (Å²) in [7, 11) is 0. The lowest BCUT2D eigenvalue weighted by Gasteiger charge is -2.24. The largest absolute Gasteiger partial charge is 0.355 e. The van der Waals surface area contributed by atoms with Crippen molar-refractivity contribution in [2.24, 2.45) is 11.8 Å². The molecule has 2 atom stereocenters. The molecular formula is C17H31IN4O4. The maximum Gasteiger partial charge on any atom is 0.243 e. The highest BCUT2D eigenvalue weighted by atomic mass is 127. The number of rotatable bonds is 11. The van der Waals surface area contributed by atoms with E-state index in [0.29, 0.717) is 16.9 Å². The van der Waals surface area contributed by atoms with Crippen molar-refractivity contribution >= 4 is 46.2 Å². The Hall–Kier alpha value is -1.39. The summed E-state index contributed by atoms with van der Waals surface area (Å²) >= 11 is 1.94. The van der Waals surface area contributed by atoms with Gasteiger partial charge in [-0.3, -0.25) is 19.2 Å². The van der Waals surface area contributed by atoms with E-state index in [9.17, 15) is 19.2 Å². The van der Waals surface area contributed by atoms with E-state index < -0.39 is 18.0 Å². The van der Waals surface area contributed by atoms with Crippen LogP contribution in [0.3, 0.4) is 0 Å². The standard InChI is InChI=1S/C17H31IN4O4/c1-10(2)9-20-16(25)12(5)21-17(26)15(11(3)4)22-13(23)6-7-19-14(24)8-18/h10-12,15H,6-9H2,1-5H3,(H,19,24)(H,20,25)(H,21,26)(H,22,23)/t12-,15-/m0/s1. The molecule has 0 saturated carbocycles. The Labute approximate surface area is 169 Å². The van der Waals surface area contributed by atoms with Crippen LogP contribution < -0.4 is 21.3 Å². The molecule has 0 radical (unpaired) electrons. The third kappa shape index (κ3) is 10.6. The zero-order valence-electron chi connectivity index (χ0n) is 16.1. The van der Waals surface area contributed by atoms with Gasteiger partial charge in [0.15, 0.2) is 0 Å². The normalized spacial score (nSPS) is 13.1. The van der Waals surface area contributed by atoms with Crippen LogP contribution >= 0.6 is 22.6 Å². The minimum atomic E-state index is -0.747. The molecule has 0 saturated heterocycles. The smallest absolute Gasteiger partial charge is 0.243 e. The van der Waals surface area contributed by atoms with Crippen LogP contribution in [0.4, 0.5) is 0 Å². The Morgan fingerprint density at radius 1 is 0.846 bits per heavy atom. The average molecular weight is 482 g/mol. The summed E-state index contributed by atoms with van der Waals surface area (Å²) in [4.78, 5) is 47.6. The van der Waals surface area contributed by atoms with Crippen LogP contribution in [0, 0.1) is 11.8 Å². The molecule has 0 bridgehead atoms. The monoisotopic (exact) mass is 482 g/mol. The minimum absolute atomic E-state index is 0.0866. The van der Waals surface area contributed by atoms with Gasteiger partial charge in [0.25, 0.3) is 0 Å². The number of alkyl halides is 1.